The maximum absolute atomic E-state index is 12.5. The summed E-state index contributed by atoms with van der Waals surface area (Å²) in [6, 6.07) is 8.22. The van der Waals surface area contributed by atoms with Crippen LogP contribution in [0.25, 0.3) is 11.4 Å². The minimum atomic E-state index is -0.145. The molecule has 0 fully saturated rings. The molecule has 3 aromatic rings. The van der Waals surface area contributed by atoms with Crippen LogP contribution in [0.2, 0.25) is 0 Å². The van der Waals surface area contributed by atoms with Gasteiger partial charge in [0.05, 0.1) is 11.3 Å². The molecular weight excluding hydrogens is 332 g/mol. The van der Waals surface area contributed by atoms with Crippen molar-refractivity contribution in [3.05, 3.63) is 69.9 Å². The van der Waals surface area contributed by atoms with Gasteiger partial charge in [0.2, 0.25) is 0 Å². The second-order valence-corrected chi connectivity index (χ2v) is 6.36. The monoisotopic (exact) mass is 350 g/mol. The number of aromatic hydroxyl groups is 2. The number of hydrogen-bond donors (Lipinski definition) is 3. The molecule has 0 atom stereocenters. The molecule has 3 heterocycles. The van der Waals surface area contributed by atoms with Gasteiger partial charge in [-0.3, -0.25) is 14.7 Å². The Morgan fingerprint density at radius 1 is 1.23 bits per heavy atom. The van der Waals surface area contributed by atoms with E-state index in [-0.39, 0.29) is 17.1 Å². The summed E-state index contributed by atoms with van der Waals surface area (Å²) < 4.78 is 0. The first-order valence-corrected chi connectivity index (χ1v) is 8.36. The van der Waals surface area contributed by atoms with Crippen LogP contribution < -0.4 is 5.56 Å². The van der Waals surface area contributed by atoms with Gasteiger partial charge in [0.1, 0.15) is 17.3 Å². The van der Waals surface area contributed by atoms with E-state index in [9.17, 15) is 15.0 Å². The van der Waals surface area contributed by atoms with Gasteiger partial charge in [0.15, 0.2) is 0 Å². The van der Waals surface area contributed by atoms with E-state index < -0.39 is 0 Å². The van der Waals surface area contributed by atoms with Gasteiger partial charge < -0.3 is 15.2 Å². The van der Waals surface area contributed by atoms with E-state index in [4.69, 9.17) is 0 Å². The highest BCUT2D eigenvalue weighted by molar-refractivity contribution is 5.53. The number of hydrogen-bond acceptors (Lipinski definition) is 6. The summed E-state index contributed by atoms with van der Waals surface area (Å²) in [7, 11) is 0. The third-order valence-electron chi connectivity index (χ3n) is 4.55. The Hall–Kier alpha value is -3.19. The van der Waals surface area contributed by atoms with Crippen LogP contribution in [0.1, 0.15) is 16.8 Å². The van der Waals surface area contributed by atoms with E-state index in [2.05, 4.69) is 19.9 Å². The number of aromatic nitrogens is 3. The lowest BCUT2D eigenvalue weighted by molar-refractivity contribution is 0.238. The van der Waals surface area contributed by atoms with Crippen LogP contribution in [0.3, 0.4) is 0 Å². The average molecular weight is 350 g/mol. The second-order valence-electron chi connectivity index (χ2n) is 6.36. The Bertz CT molecular complexity index is 1000. The summed E-state index contributed by atoms with van der Waals surface area (Å²) in [5.74, 6) is 0.611. The predicted octanol–water partition coefficient (Wildman–Crippen LogP) is 1.80. The zero-order valence-electron chi connectivity index (χ0n) is 14.0. The smallest absolute Gasteiger partial charge is 0.255 e. The Morgan fingerprint density at radius 3 is 2.88 bits per heavy atom. The van der Waals surface area contributed by atoms with E-state index in [1.807, 2.05) is 6.07 Å². The maximum atomic E-state index is 12.5. The number of aromatic amines is 1. The van der Waals surface area contributed by atoms with Crippen molar-refractivity contribution in [2.75, 3.05) is 6.54 Å². The van der Waals surface area contributed by atoms with Crippen molar-refractivity contribution < 1.29 is 10.2 Å². The highest BCUT2D eigenvalue weighted by Gasteiger charge is 2.22. The lowest BCUT2D eigenvalue weighted by Gasteiger charge is -2.28. The average Bonchev–Trinajstić information content (AvgIpc) is 2.65. The lowest BCUT2D eigenvalue weighted by atomic mass is 10.1. The van der Waals surface area contributed by atoms with Crippen molar-refractivity contribution in [2.24, 2.45) is 0 Å². The van der Waals surface area contributed by atoms with E-state index in [0.29, 0.717) is 36.5 Å². The fourth-order valence-electron chi connectivity index (χ4n) is 3.18. The van der Waals surface area contributed by atoms with Crippen molar-refractivity contribution in [2.45, 2.75) is 19.5 Å². The van der Waals surface area contributed by atoms with Crippen molar-refractivity contribution in [1.29, 1.82) is 0 Å². The first-order chi connectivity index (χ1) is 12.6. The number of H-pyrrole nitrogens is 1. The van der Waals surface area contributed by atoms with Gasteiger partial charge >= 0.3 is 0 Å². The summed E-state index contributed by atoms with van der Waals surface area (Å²) in [6.07, 6.45) is 4.01. The Labute approximate surface area is 149 Å². The molecule has 0 spiro atoms. The molecule has 7 heteroatoms. The molecule has 0 radical (unpaired) electrons. The van der Waals surface area contributed by atoms with Crippen molar-refractivity contribution in [3.8, 4) is 22.9 Å². The fraction of sp³-hybridized carbons (Fsp3) is 0.211. The largest absolute Gasteiger partial charge is 0.508 e. The first-order valence-electron chi connectivity index (χ1n) is 8.36. The summed E-state index contributed by atoms with van der Waals surface area (Å²) in [5, 5.41) is 19.4. The molecule has 7 nitrogen and oxygen atoms in total. The molecule has 132 valence electrons. The molecule has 1 aliphatic rings. The zero-order valence-corrected chi connectivity index (χ0v) is 14.0. The molecule has 26 heavy (non-hydrogen) atoms. The van der Waals surface area contributed by atoms with Crippen LogP contribution >= 0.6 is 0 Å². The highest BCUT2D eigenvalue weighted by Crippen LogP contribution is 2.26. The van der Waals surface area contributed by atoms with Crippen LogP contribution in [0.5, 0.6) is 11.5 Å². The van der Waals surface area contributed by atoms with E-state index in [0.717, 1.165) is 17.8 Å². The van der Waals surface area contributed by atoms with Gasteiger partial charge in [-0.15, -0.1) is 0 Å². The number of nitrogens with one attached hydrogen (secondary N) is 1. The van der Waals surface area contributed by atoms with Crippen LogP contribution in [-0.4, -0.2) is 36.6 Å². The molecule has 0 amide bonds. The zero-order chi connectivity index (χ0) is 18.1. The predicted molar refractivity (Wildman–Crippen MR) is 95.7 cm³/mol. The number of nitrogens with zero attached hydrogens (tertiary/aromatic N) is 3. The number of phenolic OH excluding ortho intramolecular Hbond substituents is 2. The molecule has 4 rings (SSSR count). The summed E-state index contributed by atoms with van der Waals surface area (Å²) in [4.78, 5) is 26.1. The number of rotatable bonds is 3. The standard InChI is InChI=1S/C19H18N4O3/c24-14-4-3-13(17(25)8-14)10-23-7-5-16-15(11-23)19(26)22-18(21-16)12-2-1-6-20-9-12/h1-4,6,8-9,24-25H,5,7,10-11H2,(H,21,22,26). The second kappa shape index (κ2) is 6.61. The molecule has 2 aromatic heterocycles. The van der Waals surface area contributed by atoms with E-state index >= 15 is 0 Å². The molecule has 0 saturated heterocycles. The quantitative estimate of drug-likeness (QED) is 0.666. The number of benzene rings is 1. The normalized spacial score (nSPS) is 14.2. The van der Waals surface area contributed by atoms with Crippen molar-refractivity contribution >= 4 is 0 Å². The van der Waals surface area contributed by atoms with Gasteiger partial charge in [-0.1, -0.05) is 6.07 Å². The fourth-order valence-corrected chi connectivity index (χ4v) is 3.18. The number of phenols is 2. The van der Waals surface area contributed by atoms with Gasteiger partial charge in [0.25, 0.3) is 5.56 Å². The third kappa shape index (κ3) is 3.16. The van der Waals surface area contributed by atoms with Crippen LogP contribution in [0.15, 0.2) is 47.5 Å². The summed E-state index contributed by atoms with van der Waals surface area (Å²) in [6.45, 7) is 1.69. The topological polar surface area (TPSA) is 102 Å². The van der Waals surface area contributed by atoms with Crippen LogP contribution in [0, 0.1) is 0 Å². The summed E-state index contributed by atoms with van der Waals surface area (Å²) >= 11 is 0. The number of pyridine rings is 1. The van der Waals surface area contributed by atoms with E-state index in [1.165, 1.54) is 6.07 Å². The molecule has 1 aliphatic heterocycles. The molecule has 1 aromatic carbocycles. The van der Waals surface area contributed by atoms with E-state index in [1.54, 1.807) is 30.6 Å². The lowest BCUT2D eigenvalue weighted by Crippen LogP contribution is -2.35. The molecule has 3 N–H and O–H groups in total. The molecule has 0 bridgehead atoms. The molecule has 0 unspecified atom stereocenters. The van der Waals surface area contributed by atoms with Gasteiger partial charge in [0, 0.05) is 55.6 Å². The van der Waals surface area contributed by atoms with Gasteiger partial charge in [-0.2, -0.15) is 0 Å². The number of fused-ring (bicyclic) bond motifs is 1. The third-order valence-corrected chi connectivity index (χ3v) is 4.55. The van der Waals surface area contributed by atoms with Crippen molar-refractivity contribution in [3.63, 3.8) is 0 Å². The molecular formula is C19H18N4O3. The van der Waals surface area contributed by atoms with Gasteiger partial charge in [-0.05, 0) is 18.2 Å². The molecule has 0 aliphatic carbocycles. The summed E-state index contributed by atoms with van der Waals surface area (Å²) in [5.41, 5.74) is 2.81. The van der Waals surface area contributed by atoms with Gasteiger partial charge in [-0.25, -0.2) is 4.98 Å². The van der Waals surface area contributed by atoms with Crippen LogP contribution in [-0.2, 0) is 19.5 Å². The maximum Gasteiger partial charge on any atom is 0.255 e. The first kappa shape index (κ1) is 16.3. The van der Waals surface area contributed by atoms with Crippen LogP contribution in [0.4, 0.5) is 0 Å². The minimum Gasteiger partial charge on any atom is -0.508 e. The minimum absolute atomic E-state index is 0.0267. The SMILES string of the molecule is O=c1[nH]c(-c2cccnc2)nc2c1CN(Cc1ccc(O)cc1O)CC2. The Kier molecular flexibility index (Phi) is 4.14. The molecule has 0 saturated carbocycles. The Balaban J connectivity index is 1.58. The Morgan fingerprint density at radius 2 is 2.12 bits per heavy atom. The van der Waals surface area contributed by atoms with Crippen molar-refractivity contribution in [1.82, 2.24) is 19.9 Å². The highest BCUT2D eigenvalue weighted by atomic mass is 16.3.